The van der Waals surface area contributed by atoms with Crippen LogP contribution in [0, 0.1) is 0 Å². The van der Waals surface area contributed by atoms with Crippen molar-refractivity contribution in [2.24, 2.45) is 0 Å². The van der Waals surface area contributed by atoms with Gasteiger partial charge in [-0.1, -0.05) is 28.1 Å². The summed E-state index contributed by atoms with van der Waals surface area (Å²) in [5.41, 5.74) is 1.13. The number of aliphatic hydroxyl groups is 1. The molecule has 2 fully saturated rings. The van der Waals surface area contributed by atoms with E-state index in [1.807, 2.05) is 24.3 Å². The first-order valence-electron chi connectivity index (χ1n) is 8.76. The van der Waals surface area contributed by atoms with E-state index in [0.29, 0.717) is 0 Å². The van der Waals surface area contributed by atoms with E-state index in [9.17, 15) is 18.3 Å². The van der Waals surface area contributed by atoms with Crippen LogP contribution in [0.4, 0.5) is 0 Å². The van der Waals surface area contributed by atoms with Crippen LogP contribution in [-0.4, -0.2) is 60.0 Å². The van der Waals surface area contributed by atoms with E-state index in [1.165, 1.54) is 9.79 Å². The predicted molar refractivity (Wildman–Crippen MR) is 100 cm³/mol. The number of benzene rings is 1. The van der Waals surface area contributed by atoms with Gasteiger partial charge >= 0.3 is 0 Å². The molecule has 0 atom stereocenters. The van der Waals surface area contributed by atoms with E-state index < -0.39 is 26.3 Å². The molecule has 0 unspecified atom stereocenters. The average Bonchev–Trinajstić information content (AvgIpc) is 2.68. The number of amides is 1. The van der Waals surface area contributed by atoms with Gasteiger partial charge in [0.15, 0.2) is 4.75 Å². The minimum atomic E-state index is -4.03. The molecular weight excluding hydrogens is 440 g/mol. The van der Waals surface area contributed by atoms with Gasteiger partial charge in [0.1, 0.15) is 0 Å². The molecule has 0 spiro atoms. The smallest absolute Gasteiger partial charge is 0.266 e. The van der Waals surface area contributed by atoms with Gasteiger partial charge in [0.05, 0.1) is 5.60 Å². The summed E-state index contributed by atoms with van der Waals surface area (Å²) in [5, 5.41) is 20.1. The molecule has 8 nitrogen and oxygen atoms in total. The summed E-state index contributed by atoms with van der Waals surface area (Å²) in [6.45, 7) is 0.444. The van der Waals surface area contributed by atoms with Gasteiger partial charge in [-0.3, -0.25) is 10.0 Å². The second-order valence-electron chi connectivity index (χ2n) is 6.99. The van der Waals surface area contributed by atoms with Gasteiger partial charge in [-0.05, 0) is 30.5 Å². The molecule has 1 aromatic rings. The largest absolute Gasteiger partial charge is 0.385 e. The number of nitrogens with one attached hydrogen (secondary N) is 1. The molecule has 2 aliphatic heterocycles. The maximum Gasteiger partial charge on any atom is 0.266 e. The fraction of sp³-hybridized carbons (Fsp3) is 0.588. The molecular formula is C17H23BrN2O6S. The Morgan fingerprint density at radius 1 is 1.11 bits per heavy atom. The molecule has 0 radical (unpaired) electrons. The second-order valence-corrected chi connectivity index (χ2v) is 10.2. The molecule has 27 heavy (non-hydrogen) atoms. The van der Waals surface area contributed by atoms with E-state index in [4.69, 9.17) is 9.94 Å². The second kappa shape index (κ2) is 7.76. The minimum Gasteiger partial charge on any atom is -0.385 e. The van der Waals surface area contributed by atoms with Crippen molar-refractivity contribution < 1.29 is 28.3 Å². The molecule has 150 valence electrons. The lowest BCUT2D eigenvalue weighted by atomic mass is 9.85. The van der Waals surface area contributed by atoms with E-state index in [0.717, 1.165) is 10.0 Å². The first-order valence-corrected chi connectivity index (χ1v) is 11.0. The van der Waals surface area contributed by atoms with Crippen molar-refractivity contribution in [2.45, 2.75) is 36.0 Å². The Hall–Kier alpha value is -1.04. The number of halogens is 1. The van der Waals surface area contributed by atoms with Crippen molar-refractivity contribution in [1.29, 1.82) is 0 Å². The van der Waals surface area contributed by atoms with Crippen LogP contribution in [0.25, 0.3) is 0 Å². The van der Waals surface area contributed by atoms with Crippen molar-refractivity contribution in [3.05, 3.63) is 34.3 Å². The predicted octanol–water partition coefficient (Wildman–Crippen LogP) is 1.12. The summed E-state index contributed by atoms with van der Waals surface area (Å²) >= 11 is 3.36. The molecule has 0 aliphatic carbocycles. The summed E-state index contributed by atoms with van der Waals surface area (Å²) in [5.74, 6) is -0.931. The molecule has 2 heterocycles. The minimum absolute atomic E-state index is 0.0186. The number of sulfonamides is 1. The number of hydrogen-bond donors (Lipinski definition) is 3. The van der Waals surface area contributed by atoms with Crippen LogP contribution < -0.4 is 5.48 Å². The quantitative estimate of drug-likeness (QED) is 0.455. The third-order valence-corrected chi connectivity index (χ3v) is 8.74. The van der Waals surface area contributed by atoms with Crippen LogP contribution in [0.15, 0.2) is 28.7 Å². The number of nitrogens with zero attached hydrogens (tertiary/aromatic N) is 1. The molecule has 0 saturated carbocycles. The van der Waals surface area contributed by atoms with E-state index in [1.54, 1.807) is 0 Å². The number of carbonyl (C=O) groups is 1. The van der Waals surface area contributed by atoms with Crippen molar-refractivity contribution in [2.75, 3.05) is 26.3 Å². The third-order valence-electron chi connectivity index (χ3n) is 5.58. The van der Waals surface area contributed by atoms with Crippen molar-refractivity contribution in [1.82, 2.24) is 9.79 Å². The van der Waals surface area contributed by atoms with Crippen molar-refractivity contribution >= 4 is 31.9 Å². The normalized spacial score (nSPS) is 22.9. The Morgan fingerprint density at radius 2 is 1.67 bits per heavy atom. The highest BCUT2D eigenvalue weighted by atomic mass is 79.9. The number of carbonyl (C=O) groups excluding carboxylic acids is 1. The van der Waals surface area contributed by atoms with Gasteiger partial charge in [-0.25, -0.2) is 18.2 Å². The topological polar surface area (TPSA) is 116 Å². The highest BCUT2D eigenvalue weighted by Crippen LogP contribution is 2.38. The number of piperidine rings is 1. The summed E-state index contributed by atoms with van der Waals surface area (Å²) in [6.07, 6.45) is 0.410. The Kier molecular flexibility index (Phi) is 5.95. The standard InChI is InChI=1S/C17H23BrN2O6S/c18-14-3-1-13(2-4-14)16(22)5-9-20(10-6-16)27(24,25)17(15(21)19-23)7-11-26-12-8-17/h1-4,22-23H,5-12H2,(H,19,21). The molecule has 10 heteroatoms. The average molecular weight is 463 g/mol. The van der Waals surface area contributed by atoms with Crippen LogP contribution in [0.5, 0.6) is 0 Å². The number of ether oxygens (including phenoxy) is 1. The first-order chi connectivity index (χ1) is 12.7. The monoisotopic (exact) mass is 462 g/mol. The molecule has 3 N–H and O–H groups in total. The Bertz CT molecular complexity index is 784. The summed E-state index contributed by atoms with van der Waals surface area (Å²) in [7, 11) is -4.03. The number of hydrogen-bond acceptors (Lipinski definition) is 6. The molecule has 2 aliphatic rings. The summed E-state index contributed by atoms with van der Waals surface area (Å²) in [6, 6.07) is 7.29. The van der Waals surface area contributed by atoms with Crippen molar-refractivity contribution in [3.8, 4) is 0 Å². The molecule has 0 bridgehead atoms. The zero-order valence-corrected chi connectivity index (χ0v) is 17.1. The van der Waals surface area contributed by atoms with Crippen LogP contribution in [0.2, 0.25) is 0 Å². The third kappa shape index (κ3) is 3.66. The van der Waals surface area contributed by atoms with Crippen LogP contribution in [0.3, 0.4) is 0 Å². The number of hydroxylamine groups is 1. The van der Waals surface area contributed by atoms with Crippen LogP contribution in [0.1, 0.15) is 31.2 Å². The lowest BCUT2D eigenvalue weighted by molar-refractivity contribution is -0.134. The Balaban J connectivity index is 1.81. The van der Waals surface area contributed by atoms with Gasteiger partial charge in [0, 0.05) is 43.6 Å². The maximum atomic E-state index is 13.3. The summed E-state index contributed by atoms with van der Waals surface area (Å²) < 4.78 is 32.1. The van der Waals surface area contributed by atoms with E-state index in [-0.39, 0.29) is 52.0 Å². The molecule has 1 aromatic carbocycles. The van der Waals surface area contributed by atoms with E-state index >= 15 is 0 Å². The Labute approximate surface area is 166 Å². The molecule has 0 aromatic heterocycles. The Morgan fingerprint density at radius 3 is 2.19 bits per heavy atom. The lowest BCUT2D eigenvalue weighted by Crippen LogP contribution is -2.61. The van der Waals surface area contributed by atoms with Gasteiger partial charge in [-0.15, -0.1) is 0 Å². The highest BCUT2D eigenvalue weighted by Gasteiger charge is 2.55. The highest BCUT2D eigenvalue weighted by molar-refractivity contribution is 9.10. The van der Waals surface area contributed by atoms with E-state index in [2.05, 4.69) is 15.9 Å². The summed E-state index contributed by atoms with van der Waals surface area (Å²) in [4.78, 5) is 12.3. The SMILES string of the molecule is O=C(NO)C1(S(=O)(=O)N2CCC(O)(c3ccc(Br)cc3)CC2)CCOCC1. The fourth-order valence-electron chi connectivity index (χ4n) is 3.80. The molecule has 3 rings (SSSR count). The van der Waals surface area contributed by atoms with Crippen molar-refractivity contribution in [3.63, 3.8) is 0 Å². The van der Waals surface area contributed by atoms with Gasteiger partial charge in [0.2, 0.25) is 10.0 Å². The van der Waals surface area contributed by atoms with Gasteiger partial charge in [0.25, 0.3) is 5.91 Å². The van der Waals surface area contributed by atoms with Crippen LogP contribution >= 0.6 is 15.9 Å². The van der Waals surface area contributed by atoms with Gasteiger partial charge < -0.3 is 9.84 Å². The number of rotatable bonds is 4. The molecule has 2 saturated heterocycles. The van der Waals surface area contributed by atoms with Crippen LogP contribution in [-0.2, 0) is 25.2 Å². The molecule has 1 amide bonds. The maximum absolute atomic E-state index is 13.3. The van der Waals surface area contributed by atoms with Gasteiger partial charge in [-0.2, -0.15) is 0 Å². The first kappa shape index (κ1) is 20.7. The fourth-order valence-corrected chi connectivity index (χ4v) is 6.18. The lowest BCUT2D eigenvalue weighted by Gasteiger charge is -2.43. The zero-order valence-electron chi connectivity index (χ0n) is 14.7. The zero-order chi connectivity index (χ0) is 19.7.